The Balaban J connectivity index is 2.19. The zero-order valence-electron chi connectivity index (χ0n) is 25.1. The number of benzene rings is 2. The Morgan fingerprint density at radius 2 is 1.62 bits per heavy atom. The number of nitriles is 1. The molecule has 0 fully saturated rings. The van der Waals surface area contributed by atoms with Crippen molar-refractivity contribution in [3.63, 3.8) is 0 Å². The van der Waals surface area contributed by atoms with Crippen LogP contribution in [0.25, 0.3) is 0 Å². The highest BCUT2D eigenvalue weighted by molar-refractivity contribution is 7.90. The molecule has 220 valence electrons. The van der Waals surface area contributed by atoms with E-state index < -0.39 is 15.9 Å². The maximum Gasteiger partial charge on any atom is 0.337 e. The molecule has 0 unspecified atom stereocenters. The van der Waals surface area contributed by atoms with E-state index in [2.05, 4.69) is 63.8 Å². The van der Waals surface area contributed by atoms with Gasteiger partial charge in [-0.2, -0.15) is 5.26 Å². The third-order valence-corrected chi connectivity index (χ3v) is 7.70. The van der Waals surface area contributed by atoms with Crippen LogP contribution in [0.5, 0.6) is 5.75 Å². The topological polar surface area (TPSA) is 120 Å². The second kappa shape index (κ2) is 14.4. The van der Waals surface area contributed by atoms with Crippen molar-refractivity contribution in [2.24, 2.45) is 5.41 Å². The molecule has 0 bridgehead atoms. The molecule has 0 aliphatic rings. The molecule has 0 atom stereocenters. The van der Waals surface area contributed by atoms with Gasteiger partial charge >= 0.3 is 6.03 Å². The van der Waals surface area contributed by atoms with Gasteiger partial charge in [0, 0.05) is 6.26 Å². The highest BCUT2D eigenvalue weighted by atomic mass is 32.2. The lowest BCUT2D eigenvalue weighted by molar-refractivity contribution is 0.253. The first kappa shape index (κ1) is 33.0. The van der Waals surface area contributed by atoms with Crippen LogP contribution in [-0.2, 0) is 15.3 Å². The second-order valence-electron chi connectivity index (χ2n) is 12.2. The third-order valence-electron chi connectivity index (χ3n) is 6.59. The van der Waals surface area contributed by atoms with E-state index in [9.17, 15) is 18.5 Å². The van der Waals surface area contributed by atoms with Gasteiger partial charge in [0.25, 0.3) is 0 Å². The lowest BCUT2D eigenvalue weighted by Crippen LogP contribution is -2.34. The van der Waals surface area contributed by atoms with E-state index in [0.29, 0.717) is 18.0 Å². The fraction of sp³-hybridized carbons (Fsp3) is 0.548. The smallest absolute Gasteiger partial charge is 0.337 e. The van der Waals surface area contributed by atoms with Crippen molar-refractivity contribution in [1.29, 1.82) is 5.26 Å². The number of nitrogens with zero attached hydrogens (tertiary/aromatic N) is 1. The predicted octanol–water partition coefficient (Wildman–Crippen LogP) is 7.56. The number of hydrogen-bond acceptors (Lipinski definition) is 6. The molecular formula is C31H46N4O4S. The maximum absolute atomic E-state index is 12.9. The van der Waals surface area contributed by atoms with E-state index in [1.54, 1.807) is 0 Å². The summed E-state index contributed by atoms with van der Waals surface area (Å²) in [5, 5.41) is 12.3. The average Bonchev–Trinajstić information content (AvgIpc) is 2.85. The first-order valence-electron chi connectivity index (χ1n) is 14.0. The molecule has 9 heteroatoms. The summed E-state index contributed by atoms with van der Waals surface area (Å²) in [4.78, 5) is 12.9. The summed E-state index contributed by atoms with van der Waals surface area (Å²) >= 11 is 0. The molecule has 0 saturated heterocycles. The molecule has 8 nitrogen and oxygen atoms in total. The molecule has 2 amide bonds. The van der Waals surface area contributed by atoms with Crippen LogP contribution in [0.2, 0.25) is 0 Å². The minimum absolute atomic E-state index is 0.0286. The lowest BCUT2D eigenvalue weighted by atomic mass is 9.72. The highest BCUT2D eigenvalue weighted by Crippen LogP contribution is 2.39. The number of rotatable bonds is 14. The van der Waals surface area contributed by atoms with Crippen LogP contribution >= 0.6 is 0 Å². The zero-order valence-corrected chi connectivity index (χ0v) is 25.9. The van der Waals surface area contributed by atoms with Crippen molar-refractivity contribution in [3.8, 4) is 11.8 Å². The number of hydrazine groups is 1. The summed E-state index contributed by atoms with van der Waals surface area (Å²) < 4.78 is 29.7. The summed E-state index contributed by atoms with van der Waals surface area (Å²) in [7, 11) is -3.47. The van der Waals surface area contributed by atoms with E-state index >= 15 is 0 Å². The molecule has 0 heterocycles. The minimum Gasteiger partial charge on any atom is -0.491 e. The van der Waals surface area contributed by atoms with E-state index in [-0.39, 0.29) is 27.0 Å². The molecule has 2 aromatic rings. The number of carbonyl (C=O) groups is 1. The largest absolute Gasteiger partial charge is 0.491 e. The third kappa shape index (κ3) is 10.7. The van der Waals surface area contributed by atoms with E-state index in [4.69, 9.17) is 4.74 Å². The molecule has 2 aromatic carbocycles. The van der Waals surface area contributed by atoms with Crippen LogP contribution in [0.3, 0.4) is 0 Å². The monoisotopic (exact) mass is 570 g/mol. The van der Waals surface area contributed by atoms with Crippen LogP contribution in [0.4, 0.5) is 16.2 Å². The van der Waals surface area contributed by atoms with Gasteiger partial charge in [-0.05, 0) is 59.6 Å². The molecule has 3 N–H and O–H groups in total. The van der Waals surface area contributed by atoms with Gasteiger partial charge in [0.05, 0.1) is 28.4 Å². The van der Waals surface area contributed by atoms with Gasteiger partial charge in [-0.15, -0.1) is 0 Å². The van der Waals surface area contributed by atoms with E-state index in [0.717, 1.165) is 31.1 Å². The number of unbranched alkanes of at least 4 members (excludes halogenated alkanes) is 5. The van der Waals surface area contributed by atoms with Crippen LogP contribution in [-0.4, -0.2) is 27.3 Å². The first-order valence-corrected chi connectivity index (χ1v) is 15.9. The molecule has 0 saturated carbocycles. The number of hydrogen-bond donors (Lipinski definition) is 3. The average molecular weight is 571 g/mol. The Bertz CT molecular complexity index is 1290. The van der Waals surface area contributed by atoms with Crippen molar-refractivity contribution in [1.82, 2.24) is 5.43 Å². The van der Waals surface area contributed by atoms with Gasteiger partial charge in [0.1, 0.15) is 11.8 Å². The number of carbonyl (C=O) groups excluding carboxylic acids is 1. The number of urea groups is 1. The summed E-state index contributed by atoms with van der Waals surface area (Å²) in [6.45, 7) is 13.8. The second-order valence-corrected chi connectivity index (χ2v) is 14.3. The summed E-state index contributed by atoms with van der Waals surface area (Å²) in [5.74, 6) is 0.592. The van der Waals surface area contributed by atoms with Crippen LogP contribution in [0, 0.1) is 16.7 Å². The normalized spacial score (nSPS) is 11.9. The Kier molecular flexibility index (Phi) is 11.9. The van der Waals surface area contributed by atoms with Crippen molar-refractivity contribution in [2.75, 3.05) is 23.6 Å². The van der Waals surface area contributed by atoms with Crippen molar-refractivity contribution < 1.29 is 17.9 Å². The summed E-state index contributed by atoms with van der Waals surface area (Å²) in [6, 6.07) is 11.4. The molecule has 0 aromatic heterocycles. The van der Waals surface area contributed by atoms with Crippen LogP contribution in [0.15, 0.2) is 41.3 Å². The number of anilines is 2. The molecule has 2 rings (SSSR count). The Morgan fingerprint density at radius 1 is 0.950 bits per heavy atom. The molecule has 0 spiro atoms. The fourth-order valence-electron chi connectivity index (χ4n) is 4.90. The number of sulfone groups is 1. The van der Waals surface area contributed by atoms with Gasteiger partial charge in [-0.3, -0.25) is 10.9 Å². The molecule has 0 aliphatic heterocycles. The van der Waals surface area contributed by atoms with E-state index in [1.165, 1.54) is 43.9 Å². The Hall–Kier alpha value is -3.25. The van der Waals surface area contributed by atoms with Gasteiger partial charge in [-0.25, -0.2) is 13.2 Å². The predicted molar refractivity (Wildman–Crippen MR) is 162 cm³/mol. The standard InChI is InChI=1S/C31H46N4O4S/c1-8-9-10-11-12-13-18-39-28-17-14-24(31(5,6)22-30(2,3)4)20-27(28)33-29(36)35-34-26-16-15-25(40(7,37)38)19-23(26)21-32/h14-17,19-20,34H,8-13,18,22H2,1-7H3,(H2,33,35,36). The van der Waals surface area contributed by atoms with Gasteiger partial charge in [0.2, 0.25) is 0 Å². The van der Waals surface area contributed by atoms with Gasteiger partial charge < -0.3 is 10.1 Å². The number of nitrogens with one attached hydrogen (secondary N) is 3. The molecule has 0 radical (unpaired) electrons. The van der Waals surface area contributed by atoms with Crippen molar-refractivity contribution in [2.45, 2.75) is 96.8 Å². The lowest BCUT2D eigenvalue weighted by Gasteiger charge is -2.33. The zero-order chi connectivity index (χ0) is 30.0. The molecule has 40 heavy (non-hydrogen) atoms. The maximum atomic E-state index is 12.9. The molecule has 0 aliphatic carbocycles. The quantitative estimate of drug-likeness (QED) is 0.159. The van der Waals surface area contributed by atoms with Crippen LogP contribution < -0.4 is 20.9 Å². The van der Waals surface area contributed by atoms with Gasteiger partial charge in [-0.1, -0.05) is 79.7 Å². The highest BCUT2D eigenvalue weighted by Gasteiger charge is 2.28. The number of ether oxygens (including phenoxy) is 1. The fourth-order valence-corrected chi connectivity index (χ4v) is 5.55. The minimum atomic E-state index is -3.47. The van der Waals surface area contributed by atoms with Crippen LogP contribution in [0.1, 0.15) is 97.6 Å². The van der Waals surface area contributed by atoms with Gasteiger partial charge in [0.15, 0.2) is 9.84 Å². The van der Waals surface area contributed by atoms with Crippen molar-refractivity contribution >= 4 is 27.2 Å². The van der Waals surface area contributed by atoms with Crippen molar-refractivity contribution in [3.05, 3.63) is 47.5 Å². The summed E-state index contributed by atoms with van der Waals surface area (Å²) in [5.41, 5.74) is 7.26. The van der Waals surface area contributed by atoms with E-state index in [1.807, 2.05) is 18.2 Å². The Labute approximate surface area is 240 Å². The Morgan fingerprint density at radius 3 is 2.25 bits per heavy atom. The SMILES string of the molecule is CCCCCCCCOc1ccc(C(C)(C)CC(C)(C)C)cc1NC(=O)NNc1ccc(S(C)(=O)=O)cc1C#N. The first-order chi connectivity index (χ1) is 18.7. The summed E-state index contributed by atoms with van der Waals surface area (Å²) in [6.07, 6.45) is 8.95. The molecular weight excluding hydrogens is 524 g/mol. The number of amides is 2.